The minimum atomic E-state index is 0.422. The second-order valence-electron chi connectivity index (χ2n) is 8.36. The van der Waals surface area contributed by atoms with E-state index in [2.05, 4.69) is 125 Å². The fraction of sp³-hybridized carbons (Fsp3) is 0.200. The largest absolute Gasteiger partial charge is 0.0856 e. The molecule has 2 atom stereocenters. The van der Waals surface area contributed by atoms with Crippen LogP contribution in [0.15, 0.2) is 97.1 Å². The van der Waals surface area contributed by atoms with Gasteiger partial charge in [0.05, 0.1) is 0 Å². The summed E-state index contributed by atoms with van der Waals surface area (Å²) in [5.41, 5.74) is 10.6. The Hall–Kier alpha value is -2.42. The summed E-state index contributed by atoms with van der Waals surface area (Å²) in [6.45, 7) is 8.99. The van der Waals surface area contributed by atoms with E-state index in [1.54, 1.807) is 0 Å². The summed E-state index contributed by atoms with van der Waals surface area (Å²) in [6, 6.07) is 35.3. The Balaban J connectivity index is 1.45. The predicted molar refractivity (Wildman–Crippen MR) is 145 cm³/mol. The lowest BCUT2D eigenvalue weighted by Gasteiger charge is -2.17. The molecule has 0 saturated carbocycles. The molecule has 0 unspecified atom stereocenters. The molecule has 162 valence electrons. The minimum absolute atomic E-state index is 0.422. The molecule has 0 aliphatic rings. The Bertz CT molecular complexity index is 1100. The van der Waals surface area contributed by atoms with Crippen molar-refractivity contribution >= 4 is 21.6 Å². The molecule has 4 aromatic carbocycles. The van der Waals surface area contributed by atoms with Crippen molar-refractivity contribution < 1.29 is 0 Å². The van der Waals surface area contributed by atoms with Crippen molar-refractivity contribution in [1.82, 2.24) is 0 Å². The lowest BCUT2D eigenvalue weighted by molar-refractivity contribution is 1.10. The van der Waals surface area contributed by atoms with Crippen LogP contribution in [0.5, 0.6) is 0 Å². The molecular weight excluding hydrogens is 424 g/mol. The van der Waals surface area contributed by atoms with E-state index in [4.69, 9.17) is 0 Å². The first-order valence-electron chi connectivity index (χ1n) is 11.2. The summed E-state index contributed by atoms with van der Waals surface area (Å²) in [4.78, 5) is 0. The van der Waals surface area contributed by atoms with E-state index in [0.717, 1.165) is 0 Å². The van der Waals surface area contributed by atoms with E-state index in [1.165, 1.54) is 44.5 Å². The topological polar surface area (TPSA) is 0 Å². The summed E-state index contributed by atoms with van der Waals surface area (Å²) in [5.74, 6) is 0. The van der Waals surface area contributed by atoms with Crippen LogP contribution in [0.1, 0.15) is 46.6 Å². The van der Waals surface area contributed by atoms with E-state index in [9.17, 15) is 0 Å². The van der Waals surface area contributed by atoms with Gasteiger partial charge < -0.3 is 0 Å². The van der Waals surface area contributed by atoms with Crippen molar-refractivity contribution in [3.63, 3.8) is 0 Å². The maximum Gasteiger partial charge on any atom is 0.0373 e. The molecule has 0 amide bonds. The summed E-state index contributed by atoms with van der Waals surface area (Å²) in [5, 5.41) is 0.844. The fourth-order valence-corrected chi connectivity index (χ4v) is 6.50. The smallest absolute Gasteiger partial charge is 0.0373 e. The second-order valence-corrected chi connectivity index (χ2v) is 11.3. The van der Waals surface area contributed by atoms with Gasteiger partial charge in [-0.3, -0.25) is 0 Å². The first kappa shape index (κ1) is 22.8. The third-order valence-corrected chi connectivity index (χ3v) is 9.27. The number of hydrogen-bond donors (Lipinski definition) is 0. The number of hydrogen-bond acceptors (Lipinski definition) is 2. The van der Waals surface area contributed by atoms with E-state index >= 15 is 0 Å². The quantitative estimate of drug-likeness (QED) is 0.255. The van der Waals surface area contributed by atoms with Gasteiger partial charge in [-0.15, -0.1) is 0 Å². The molecule has 4 aromatic rings. The number of rotatable bonds is 7. The highest BCUT2D eigenvalue weighted by Crippen LogP contribution is 2.46. The minimum Gasteiger partial charge on any atom is -0.0856 e. The molecular formula is C30H30S2. The first-order valence-corrected chi connectivity index (χ1v) is 13.4. The average Bonchev–Trinajstić information content (AvgIpc) is 2.83. The van der Waals surface area contributed by atoms with Crippen LogP contribution in [-0.4, -0.2) is 0 Å². The Morgan fingerprint density at radius 3 is 1.31 bits per heavy atom. The third kappa shape index (κ3) is 5.31. The molecule has 0 aliphatic carbocycles. The molecule has 32 heavy (non-hydrogen) atoms. The summed E-state index contributed by atoms with van der Waals surface area (Å²) >= 11 is 0. The molecule has 0 fully saturated rings. The average molecular weight is 455 g/mol. The monoisotopic (exact) mass is 454 g/mol. The maximum atomic E-state index is 2.35. The van der Waals surface area contributed by atoms with Gasteiger partial charge in [0.25, 0.3) is 0 Å². The molecule has 0 bridgehead atoms. The zero-order valence-corrected chi connectivity index (χ0v) is 20.8. The van der Waals surface area contributed by atoms with Crippen LogP contribution < -0.4 is 0 Å². The molecule has 0 aliphatic heterocycles. The Morgan fingerprint density at radius 1 is 0.500 bits per heavy atom. The van der Waals surface area contributed by atoms with E-state index in [0.29, 0.717) is 10.5 Å². The van der Waals surface area contributed by atoms with Gasteiger partial charge in [0.1, 0.15) is 0 Å². The molecule has 0 radical (unpaired) electrons. The molecule has 0 aromatic heterocycles. The van der Waals surface area contributed by atoms with Crippen molar-refractivity contribution in [3.8, 4) is 22.3 Å². The molecule has 4 rings (SSSR count). The highest BCUT2D eigenvalue weighted by Gasteiger charge is 2.14. The Labute approximate surface area is 200 Å². The lowest BCUT2D eigenvalue weighted by Crippen LogP contribution is -1.92. The van der Waals surface area contributed by atoms with Crippen LogP contribution >= 0.6 is 21.6 Å². The van der Waals surface area contributed by atoms with Crippen LogP contribution in [0.25, 0.3) is 22.3 Å². The Morgan fingerprint density at radius 2 is 0.906 bits per heavy atom. The van der Waals surface area contributed by atoms with Crippen molar-refractivity contribution in [2.24, 2.45) is 0 Å². The molecule has 0 nitrogen and oxygen atoms in total. The normalized spacial score (nSPS) is 13.0. The van der Waals surface area contributed by atoms with Crippen LogP contribution in [0.2, 0.25) is 0 Å². The molecule has 0 N–H and O–H groups in total. The van der Waals surface area contributed by atoms with Crippen molar-refractivity contribution in [2.75, 3.05) is 0 Å². The summed E-state index contributed by atoms with van der Waals surface area (Å²) < 4.78 is 0. The molecule has 0 saturated heterocycles. The molecule has 0 spiro atoms. The van der Waals surface area contributed by atoms with E-state index in [1.807, 2.05) is 21.6 Å². The van der Waals surface area contributed by atoms with Gasteiger partial charge in [0, 0.05) is 10.5 Å². The van der Waals surface area contributed by atoms with Gasteiger partial charge in [0.2, 0.25) is 0 Å². The van der Waals surface area contributed by atoms with Crippen molar-refractivity contribution in [1.29, 1.82) is 0 Å². The van der Waals surface area contributed by atoms with Crippen molar-refractivity contribution in [2.45, 2.75) is 38.2 Å². The van der Waals surface area contributed by atoms with E-state index in [-0.39, 0.29) is 0 Å². The summed E-state index contributed by atoms with van der Waals surface area (Å²) in [7, 11) is 3.92. The summed E-state index contributed by atoms with van der Waals surface area (Å²) in [6.07, 6.45) is 0. The van der Waals surface area contributed by atoms with Gasteiger partial charge >= 0.3 is 0 Å². The maximum absolute atomic E-state index is 2.35. The molecule has 2 heteroatoms. The van der Waals surface area contributed by atoms with E-state index < -0.39 is 0 Å². The number of aryl methyl sites for hydroxylation is 2. The highest BCUT2D eigenvalue weighted by atomic mass is 33.1. The Kier molecular flexibility index (Phi) is 7.44. The SMILES string of the molecule is Cc1ccccc1-c1cccc([C@@H](C)SS[C@H](C)c2cccc(-c3ccccc3C)c2)c1. The number of benzene rings is 4. The zero-order valence-electron chi connectivity index (χ0n) is 19.2. The van der Waals surface area contributed by atoms with Crippen LogP contribution in [-0.2, 0) is 0 Å². The van der Waals surface area contributed by atoms with Gasteiger partial charge in [-0.2, -0.15) is 0 Å². The van der Waals surface area contributed by atoms with Crippen LogP contribution in [0.3, 0.4) is 0 Å². The zero-order chi connectivity index (χ0) is 22.5. The molecule has 0 heterocycles. The predicted octanol–water partition coefficient (Wildman–Crippen LogP) is 9.84. The van der Waals surface area contributed by atoms with Gasteiger partial charge in [-0.1, -0.05) is 119 Å². The third-order valence-electron chi connectivity index (χ3n) is 5.97. The standard InChI is InChI=1S/C30H30S2/c1-21-11-5-7-17-29(21)27-15-9-13-25(19-27)23(3)31-32-24(4)26-14-10-16-28(20-26)30-18-8-6-12-22(30)2/h5-20,23-24H,1-4H3/t23-,24-/m1/s1. The van der Waals surface area contributed by atoms with Gasteiger partial charge in [-0.25, -0.2) is 0 Å². The van der Waals surface area contributed by atoms with Crippen LogP contribution in [0.4, 0.5) is 0 Å². The highest BCUT2D eigenvalue weighted by molar-refractivity contribution is 8.76. The first-order chi connectivity index (χ1) is 15.5. The van der Waals surface area contributed by atoms with Gasteiger partial charge in [0.15, 0.2) is 0 Å². The van der Waals surface area contributed by atoms with Crippen LogP contribution in [0, 0.1) is 13.8 Å². The van der Waals surface area contributed by atoms with Crippen molar-refractivity contribution in [3.05, 3.63) is 119 Å². The fourth-order valence-electron chi connectivity index (χ4n) is 3.99. The second kappa shape index (κ2) is 10.5. The van der Waals surface area contributed by atoms with Gasteiger partial charge in [-0.05, 0) is 72.2 Å². The lowest BCUT2D eigenvalue weighted by atomic mass is 9.98.